The van der Waals surface area contributed by atoms with Gasteiger partial charge in [0.25, 0.3) is 0 Å². The average Bonchev–Trinajstić information content (AvgIpc) is 2.42. The molecular formula is C18H45NO5Si4. The van der Waals surface area contributed by atoms with Crippen molar-refractivity contribution in [2.45, 2.75) is 103 Å². The molecule has 4 unspecified atom stereocenters. The van der Waals surface area contributed by atoms with Gasteiger partial charge < -0.3 is 28.2 Å². The van der Waals surface area contributed by atoms with E-state index < -0.39 is 51.5 Å². The predicted molar refractivity (Wildman–Crippen MR) is 128 cm³/mol. The highest BCUT2D eigenvalue weighted by Gasteiger charge is 2.42. The third kappa shape index (κ3) is 13.5. The zero-order valence-corrected chi connectivity index (χ0v) is 24.2. The van der Waals surface area contributed by atoms with Gasteiger partial charge in [0.1, 0.15) is 6.29 Å². The van der Waals surface area contributed by atoms with Crippen molar-refractivity contribution in [3.63, 3.8) is 0 Å². The minimum atomic E-state index is -1.98. The number of hydrogen-bond donors (Lipinski definition) is 1. The second-order valence-corrected chi connectivity index (χ2v) is 29.2. The molecule has 2 N–H and O–H groups in total. The highest BCUT2D eigenvalue weighted by Crippen LogP contribution is 2.25. The van der Waals surface area contributed by atoms with E-state index in [-0.39, 0.29) is 6.10 Å². The van der Waals surface area contributed by atoms with Crippen molar-refractivity contribution in [1.82, 2.24) is 0 Å². The zero-order valence-electron chi connectivity index (χ0n) is 20.2. The molecule has 168 valence electrons. The van der Waals surface area contributed by atoms with E-state index in [1.807, 2.05) is 0 Å². The quantitative estimate of drug-likeness (QED) is 0.325. The minimum absolute atomic E-state index is 0.322. The van der Waals surface area contributed by atoms with Crippen LogP contribution in [0.2, 0.25) is 78.6 Å². The maximum Gasteiger partial charge on any atom is 0.184 e. The van der Waals surface area contributed by atoms with Crippen LogP contribution in [0.4, 0.5) is 0 Å². The van der Waals surface area contributed by atoms with Gasteiger partial charge >= 0.3 is 0 Å². The lowest BCUT2D eigenvalue weighted by Gasteiger charge is -2.43. The summed E-state index contributed by atoms with van der Waals surface area (Å²) in [5, 5.41) is 0. The van der Waals surface area contributed by atoms with Crippen molar-refractivity contribution in [1.29, 1.82) is 0 Å². The maximum absolute atomic E-state index is 11.6. The molecule has 28 heavy (non-hydrogen) atoms. The molecule has 0 rings (SSSR count). The number of aldehydes is 1. The van der Waals surface area contributed by atoms with E-state index in [0.717, 1.165) is 6.29 Å². The SMILES string of the molecule is C[Si](C)(C)OCC(O[Si](C)(C)C)C(O[Si](C)(C)C)C(O[Si](C)(C)C)C(N)C=O. The predicted octanol–water partition coefficient (Wildman–Crippen LogP) is 4.02. The lowest BCUT2D eigenvalue weighted by Crippen LogP contribution is -2.60. The summed E-state index contributed by atoms with van der Waals surface area (Å²) in [6, 6.07) is -0.771. The molecule has 0 aliphatic heterocycles. The molecule has 6 nitrogen and oxygen atoms in total. The van der Waals surface area contributed by atoms with E-state index in [1.165, 1.54) is 0 Å². The van der Waals surface area contributed by atoms with E-state index in [2.05, 4.69) is 78.6 Å². The van der Waals surface area contributed by atoms with Crippen LogP contribution >= 0.6 is 0 Å². The monoisotopic (exact) mass is 467 g/mol. The van der Waals surface area contributed by atoms with Crippen LogP contribution in [-0.4, -0.2) is 70.5 Å². The molecule has 0 saturated carbocycles. The Kier molecular flexibility index (Phi) is 10.7. The fraction of sp³-hybridized carbons (Fsp3) is 0.944. The highest BCUT2D eigenvalue weighted by molar-refractivity contribution is 6.71. The van der Waals surface area contributed by atoms with Gasteiger partial charge in [0.2, 0.25) is 0 Å². The molecule has 0 amide bonds. The van der Waals surface area contributed by atoms with E-state index in [9.17, 15) is 4.79 Å². The summed E-state index contributed by atoms with van der Waals surface area (Å²) < 4.78 is 25.7. The Morgan fingerprint density at radius 3 is 1.39 bits per heavy atom. The smallest absolute Gasteiger partial charge is 0.184 e. The van der Waals surface area contributed by atoms with Crippen LogP contribution in [0, 0.1) is 0 Å². The second-order valence-electron chi connectivity index (χ2n) is 11.3. The van der Waals surface area contributed by atoms with Crippen molar-refractivity contribution in [3.05, 3.63) is 0 Å². The van der Waals surface area contributed by atoms with Crippen LogP contribution < -0.4 is 5.73 Å². The standard InChI is InChI=1S/C18H45NO5Si4/c1-25(2,3)21-14-16(22-26(4,5)6)18(24-28(10,11)12)17(15(19)13-20)23-27(7,8)9/h13,15-18H,14,19H2,1-12H3. The molecule has 0 heterocycles. The van der Waals surface area contributed by atoms with Crippen molar-refractivity contribution < 1.29 is 22.5 Å². The Hall–Kier alpha value is 0.338. The summed E-state index contributed by atoms with van der Waals surface area (Å²) in [7, 11) is -7.62. The normalized spacial score (nSPS) is 18.5. The molecule has 0 aromatic rings. The Morgan fingerprint density at radius 1 is 0.679 bits per heavy atom. The van der Waals surface area contributed by atoms with Crippen molar-refractivity contribution in [2.75, 3.05) is 6.61 Å². The van der Waals surface area contributed by atoms with E-state index >= 15 is 0 Å². The molecule has 0 aliphatic rings. The Bertz CT molecular complexity index is 480. The third-order valence-corrected chi connectivity index (χ3v) is 7.39. The van der Waals surface area contributed by atoms with Crippen LogP contribution in [0.3, 0.4) is 0 Å². The molecule has 0 bridgehead atoms. The van der Waals surface area contributed by atoms with E-state index in [4.69, 9.17) is 23.4 Å². The van der Waals surface area contributed by atoms with Gasteiger partial charge in [-0.3, -0.25) is 0 Å². The molecule has 10 heteroatoms. The van der Waals surface area contributed by atoms with Gasteiger partial charge in [0, 0.05) is 0 Å². The first kappa shape index (κ1) is 28.3. The van der Waals surface area contributed by atoms with Gasteiger partial charge in [-0.1, -0.05) is 0 Å². The zero-order chi connectivity index (χ0) is 22.6. The Morgan fingerprint density at radius 2 is 1.07 bits per heavy atom. The Labute approximate surface area is 177 Å². The molecular weight excluding hydrogens is 423 g/mol. The molecule has 0 spiro atoms. The van der Waals surface area contributed by atoms with Gasteiger partial charge in [-0.15, -0.1) is 0 Å². The minimum Gasteiger partial charge on any atom is -0.415 e. The second kappa shape index (κ2) is 10.6. The summed E-state index contributed by atoms with van der Waals surface area (Å²) in [4.78, 5) is 11.6. The number of hydrogen-bond acceptors (Lipinski definition) is 6. The topological polar surface area (TPSA) is 80.0 Å². The molecule has 0 saturated heterocycles. The van der Waals surface area contributed by atoms with Gasteiger partial charge in [0.05, 0.1) is 31.0 Å². The molecule has 0 aromatic heterocycles. The van der Waals surface area contributed by atoms with Crippen molar-refractivity contribution in [2.24, 2.45) is 5.73 Å². The lowest BCUT2D eigenvalue weighted by atomic mass is 10.0. The number of carbonyl (C=O) groups is 1. The van der Waals surface area contributed by atoms with Crippen LogP contribution in [0.15, 0.2) is 0 Å². The number of carbonyl (C=O) groups excluding carboxylic acids is 1. The molecule has 0 fully saturated rings. The van der Waals surface area contributed by atoms with Gasteiger partial charge in [-0.25, -0.2) is 0 Å². The fourth-order valence-electron chi connectivity index (χ4n) is 2.60. The summed E-state index contributed by atoms with van der Waals surface area (Å²) in [5.74, 6) is 0. The highest BCUT2D eigenvalue weighted by atomic mass is 28.4. The summed E-state index contributed by atoms with van der Waals surface area (Å²) in [5.41, 5.74) is 6.22. The van der Waals surface area contributed by atoms with Crippen LogP contribution in [0.5, 0.6) is 0 Å². The molecule has 0 radical (unpaired) electrons. The van der Waals surface area contributed by atoms with Crippen LogP contribution in [0.25, 0.3) is 0 Å². The largest absolute Gasteiger partial charge is 0.415 e. The summed E-state index contributed by atoms with van der Waals surface area (Å²) in [6.07, 6.45) is -0.558. The summed E-state index contributed by atoms with van der Waals surface area (Å²) >= 11 is 0. The molecule has 4 atom stereocenters. The molecule has 0 aliphatic carbocycles. The van der Waals surface area contributed by atoms with Crippen molar-refractivity contribution >= 4 is 39.6 Å². The molecule has 0 aromatic carbocycles. The first-order valence-electron chi connectivity index (χ1n) is 10.1. The van der Waals surface area contributed by atoms with E-state index in [0.29, 0.717) is 6.61 Å². The lowest BCUT2D eigenvalue weighted by molar-refractivity contribution is -0.114. The van der Waals surface area contributed by atoms with Crippen LogP contribution in [-0.2, 0) is 22.5 Å². The first-order valence-corrected chi connectivity index (χ1v) is 23.8. The van der Waals surface area contributed by atoms with Crippen molar-refractivity contribution in [3.8, 4) is 0 Å². The Balaban J connectivity index is 6.09. The van der Waals surface area contributed by atoms with Crippen LogP contribution in [0.1, 0.15) is 0 Å². The van der Waals surface area contributed by atoms with Gasteiger partial charge in [-0.2, -0.15) is 0 Å². The number of nitrogens with two attached hydrogens (primary N) is 1. The summed E-state index contributed by atoms with van der Waals surface area (Å²) in [6.45, 7) is 26.0. The third-order valence-electron chi connectivity index (χ3n) is 3.39. The first-order chi connectivity index (χ1) is 12.2. The number of rotatable bonds is 13. The maximum atomic E-state index is 11.6. The van der Waals surface area contributed by atoms with E-state index in [1.54, 1.807) is 0 Å². The van der Waals surface area contributed by atoms with Gasteiger partial charge in [-0.05, 0) is 78.6 Å². The average molecular weight is 468 g/mol. The van der Waals surface area contributed by atoms with Gasteiger partial charge in [0.15, 0.2) is 33.3 Å². The fourth-order valence-corrected chi connectivity index (χ4v) is 6.58.